The number of nitrogens with zero attached hydrogens (tertiary/aromatic N) is 3. The summed E-state index contributed by atoms with van der Waals surface area (Å²) in [6, 6.07) is 11.1. The topological polar surface area (TPSA) is 78.7 Å². The maximum Gasteiger partial charge on any atom is 0.268 e. The van der Waals surface area contributed by atoms with Gasteiger partial charge in [-0.15, -0.1) is 0 Å². The molecular formula is C14H12N4OS2. The van der Waals surface area contributed by atoms with E-state index in [0.29, 0.717) is 10.3 Å². The van der Waals surface area contributed by atoms with Gasteiger partial charge in [-0.2, -0.15) is 14.6 Å². The van der Waals surface area contributed by atoms with E-state index in [1.165, 1.54) is 17.8 Å². The van der Waals surface area contributed by atoms with Crippen LogP contribution in [0, 0.1) is 11.3 Å². The highest BCUT2D eigenvalue weighted by atomic mass is 32.2. The van der Waals surface area contributed by atoms with Crippen molar-refractivity contribution in [3.05, 3.63) is 41.5 Å². The average molecular weight is 316 g/mol. The van der Waals surface area contributed by atoms with Crippen LogP contribution in [0.5, 0.6) is 0 Å². The molecule has 0 aliphatic rings. The van der Waals surface area contributed by atoms with Crippen LogP contribution < -0.4 is 5.32 Å². The molecule has 0 aliphatic heterocycles. The van der Waals surface area contributed by atoms with Gasteiger partial charge in [-0.3, -0.25) is 10.1 Å². The zero-order valence-corrected chi connectivity index (χ0v) is 12.9. The number of nitrogens with one attached hydrogen (secondary N) is 1. The standard InChI is InChI=1S/C14H12N4OS2/c1-2-20-14-17-13(21-18-14)16-12(19)11(9-15)8-10-6-4-3-5-7-10/h3-8H,2H2,1H3,(H,16,17,18,19)/b11-8-. The molecule has 1 heterocycles. The van der Waals surface area contributed by atoms with Crippen molar-refractivity contribution in [1.82, 2.24) is 9.36 Å². The number of benzene rings is 1. The SMILES string of the molecule is CCSc1nsc(NC(=O)/C(C#N)=C\c2ccccc2)n1. The van der Waals surface area contributed by atoms with Gasteiger partial charge in [0.15, 0.2) is 0 Å². The number of carbonyl (C=O) groups excluding carboxylic acids is 1. The third-order valence-corrected chi connectivity index (χ3v) is 3.85. The Morgan fingerprint density at radius 1 is 1.48 bits per heavy atom. The number of anilines is 1. The second-order valence-electron chi connectivity index (χ2n) is 3.85. The number of aromatic nitrogens is 2. The first-order valence-corrected chi connectivity index (χ1v) is 7.93. The van der Waals surface area contributed by atoms with Gasteiger partial charge >= 0.3 is 0 Å². The van der Waals surface area contributed by atoms with Gasteiger partial charge in [0.25, 0.3) is 5.91 Å². The van der Waals surface area contributed by atoms with Crippen LogP contribution in [0.25, 0.3) is 6.08 Å². The minimum atomic E-state index is -0.481. The van der Waals surface area contributed by atoms with Gasteiger partial charge in [0.05, 0.1) is 0 Å². The lowest BCUT2D eigenvalue weighted by atomic mass is 10.1. The van der Waals surface area contributed by atoms with Gasteiger partial charge in [0, 0.05) is 11.5 Å². The third-order valence-electron chi connectivity index (χ3n) is 2.38. The highest BCUT2D eigenvalue weighted by molar-refractivity contribution is 7.99. The Morgan fingerprint density at radius 3 is 2.90 bits per heavy atom. The van der Waals surface area contributed by atoms with Gasteiger partial charge in [0.2, 0.25) is 10.3 Å². The molecule has 0 bridgehead atoms. The van der Waals surface area contributed by atoms with Crippen molar-refractivity contribution in [2.24, 2.45) is 0 Å². The molecule has 2 rings (SSSR count). The molecule has 0 spiro atoms. The van der Waals surface area contributed by atoms with Gasteiger partial charge in [0.1, 0.15) is 11.6 Å². The van der Waals surface area contributed by atoms with Crippen LogP contribution in [-0.2, 0) is 4.79 Å². The smallest absolute Gasteiger partial charge is 0.268 e. The second-order valence-corrected chi connectivity index (χ2v) is 5.83. The van der Waals surface area contributed by atoms with E-state index in [-0.39, 0.29) is 5.57 Å². The zero-order valence-electron chi connectivity index (χ0n) is 11.2. The Bertz CT molecular complexity index is 688. The monoisotopic (exact) mass is 316 g/mol. The number of amides is 1. The quantitative estimate of drug-likeness (QED) is 0.520. The molecule has 1 aromatic carbocycles. The lowest BCUT2D eigenvalue weighted by Crippen LogP contribution is -2.13. The fourth-order valence-corrected chi connectivity index (χ4v) is 2.74. The largest absolute Gasteiger partial charge is 0.296 e. The van der Waals surface area contributed by atoms with E-state index in [0.717, 1.165) is 22.8 Å². The molecule has 0 aliphatic carbocycles. The zero-order chi connectivity index (χ0) is 15.1. The summed E-state index contributed by atoms with van der Waals surface area (Å²) in [7, 11) is 0. The van der Waals surface area contributed by atoms with Crippen molar-refractivity contribution in [3.8, 4) is 6.07 Å². The van der Waals surface area contributed by atoms with E-state index < -0.39 is 5.91 Å². The van der Waals surface area contributed by atoms with E-state index in [1.54, 1.807) is 0 Å². The van der Waals surface area contributed by atoms with Gasteiger partial charge in [-0.05, 0) is 17.4 Å². The fourth-order valence-electron chi connectivity index (χ4n) is 1.48. The first-order valence-electron chi connectivity index (χ1n) is 6.17. The van der Waals surface area contributed by atoms with Crippen molar-refractivity contribution < 1.29 is 4.79 Å². The molecule has 5 nitrogen and oxygen atoms in total. The van der Waals surface area contributed by atoms with Crippen LogP contribution in [-0.4, -0.2) is 21.0 Å². The lowest BCUT2D eigenvalue weighted by molar-refractivity contribution is -0.112. The number of nitriles is 1. The lowest BCUT2D eigenvalue weighted by Gasteiger charge is -1.99. The van der Waals surface area contributed by atoms with E-state index in [4.69, 9.17) is 5.26 Å². The van der Waals surface area contributed by atoms with Crippen LogP contribution in [0.3, 0.4) is 0 Å². The first-order chi connectivity index (χ1) is 10.2. The predicted molar refractivity (Wildman–Crippen MR) is 85.0 cm³/mol. The van der Waals surface area contributed by atoms with Crippen molar-refractivity contribution in [2.75, 3.05) is 11.1 Å². The summed E-state index contributed by atoms with van der Waals surface area (Å²) in [4.78, 5) is 16.2. The number of hydrogen-bond acceptors (Lipinski definition) is 6. The van der Waals surface area contributed by atoms with Crippen molar-refractivity contribution >= 4 is 40.4 Å². The minimum absolute atomic E-state index is 0.0288. The Kier molecular flexibility index (Phi) is 5.49. The second kappa shape index (κ2) is 7.57. The van der Waals surface area contributed by atoms with Crippen LogP contribution in [0.4, 0.5) is 5.13 Å². The van der Waals surface area contributed by atoms with E-state index >= 15 is 0 Å². The van der Waals surface area contributed by atoms with Crippen LogP contribution in [0.2, 0.25) is 0 Å². The number of carbonyl (C=O) groups is 1. The highest BCUT2D eigenvalue weighted by Gasteiger charge is 2.12. The summed E-state index contributed by atoms with van der Waals surface area (Å²) < 4.78 is 4.10. The van der Waals surface area contributed by atoms with Crippen LogP contribution in [0.1, 0.15) is 12.5 Å². The number of rotatable bonds is 5. The van der Waals surface area contributed by atoms with Crippen molar-refractivity contribution in [3.63, 3.8) is 0 Å². The van der Waals surface area contributed by atoms with Crippen molar-refractivity contribution in [1.29, 1.82) is 5.26 Å². The molecule has 21 heavy (non-hydrogen) atoms. The Balaban J connectivity index is 2.10. The maximum atomic E-state index is 12.0. The fraction of sp³-hybridized carbons (Fsp3) is 0.143. The average Bonchev–Trinajstić information content (AvgIpc) is 2.93. The normalized spacial score (nSPS) is 11.0. The van der Waals surface area contributed by atoms with Crippen LogP contribution in [0.15, 0.2) is 41.1 Å². The van der Waals surface area contributed by atoms with Crippen LogP contribution >= 0.6 is 23.3 Å². The molecule has 0 atom stereocenters. The van der Waals surface area contributed by atoms with Gasteiger partial charge in [-0.1, -0.05) is 49.0 Å². The summed E-state index contributed by atoms with van der Waals surface area (Å²) in [6.45, 7) is 2.00. The molecule has 1 N–H and O–H groups in total. The molecule has 0 fully saturated rings. The molecule has 0 radical (unpaired) electrons. The highest BCUT2D eigenvalue weighted by Crippen LogP contribution is 2.20. The molecule has 0 saturated carbocycles. The van der Waals surface area contributed by atoms with E-state index in [9.17, 15) is 4.79 Å². The summed E-state index contributed by atoms with van der Waals surface area (Å²) in [5, 5.41) is 12.7. The molecule has 0 unspecified atom stereocenters. The Morgan fingerprint density at radius 2 is 2.24 bits per heavy atom. The Hall–Kier alpha value is -2.17. The van der Waals surface area contributed by atoms with Gasteiger partial charge < -0.3 is 0 Å². The minimum Gasteiger partial charge on any atom is -0.296 e. The molecule has 1 amide bonds. The first kappa shape index (κ1) is 15.2. The Labute approximate surface area is 130 Å². The molecule has 1 aromatic heterocycles. The van der Waals surface area contributed by atoms with E-state index in [1.807, 2.05) is 43.3 Å². The van der Waals surface area contributed by atoms with Crippen molar-refractivity contribution in [2.45, 2.75) is 12.1 Å². The van der Waals surface area contributed by atoms with E-state index in [2.05, 4.69) is 14.7 Å². The van der Waals surface area contributed by atoms with Gasteiger partial charge in [-0.25, -0.2) is 0 Å². The third kappa shape index (κ3) is 4.41. The molecule has 7 heteroatoms. The summed E-state index contributed by atoms with van der Waals surface area (Å²) in [5.41, 5.74) is 0.824. The number of thioether (sulfide) groups is 1. The summed E-state index contributed by atoms with van der Waals surface area (Å²) >= 11 is 2.60. The molecular weight excluding hydrogens is 304 g/mol. The predicted octanol–water partition coefficient (Wildman–Crippen LogP) is 3.20. The maximum absolute atomic E-state index is 12.0. The molecule has 106 valence electrons. The molecule has 0 saturated heterocycles. The summed E-state index contributed by atoms with van der Waals surface area (Å²) in [5.74, 6) is 0.382. The molecule has 2 aromatic rings. The summed E-state index contributed by atoms with van der Waals surface area (Å²) in [6.07, 6.45) is 1.54. The number of hydrogen-bond donors (Lipinski definition) is 1.